The topological polar surface area (TPSA) is 37.8 Å². The summed E-state index contributed by atoms with van der Waals surface area (Å²) in [5, 5.41) is 4.97. The highest BCUT2D eigenvalue weighted by Crippen LogP contribution is 2.41. The van der Waals surface area contributed by atoms with Crippen LogP contribution in [0.4, 0.5) is 11.5 Å². The monoisotopic (exact) mass is 357 g/mol. The standard InChI is InChI=1S/C19H20ClN3S/c1-10-5-7-14(12(3)8-10)21-17-16-13-6-4-11(2)9-15(13)24-18(16)23-19(20)22-17/h5,7-8,11H,4,6,9H2,1-3H3,(H,21,22,23). The van der Waals surface area contributed by atoms with Crippen molar-refractivity contribution in [1.29, 1.82) is 0 Å². The van der Waals surface area contributed by atoms with Gasteiger partial charge in [0.15, 0.2) is 0 Å². The van der Waals surface area contributed by atoms with Crippen molar-refractivity contribution in [3.05, 3.63) is 45.1 Å². The third-order valence-corrected chi connectivity index (χ3v) is 6.08. The van der Waals surface area contributed by atoms with Crippen LogP contribution in [0.25, 0.3) is 10.2 Å². The highest BCUT2D eigenvalue weighted by molar-refractivity contribution is 7.19. The van der Waals surface area contributed by atoms with Gasteiger partial charge in [-0.1, -0.05) is 24.6 Å². The molecule has 1 atom stereocenters. The highest BCUT2D eigenvalue weighted by atomic mass is 35.5. The van der Waals surface area contributed by atoms with Crippen molar-refractivity contribution in [3.8, 4) is 0 Å². The SMILES string of the molecule is Cc1ccc(Nc2nc(Cl)nc3sc4c(c23)CCC(C)C4)c(C)c1. The van der Waals surface area contributed by atoms with E-state index in [4.69, 9.17) is 11.6 Å². The molecular weight excluding hydrogens is 338 g/mol. The zero-order valence-corrected chi connectivity index (χ0v) is 15.7. The molecule has 2 heterocycles. The van der Waals surface area contributed by atoms with E-state index in [1.807, 2.05) is 0 Å². The lowest BCUT2D eigenvalue weighted by Crippen LogP contribution is -2.09. The van der Waals surface area contributed by atoms with Gasteiger partial charge in [-0.15, -0.1) is 11.3 Å². The molecule has 4 rings (SSSR count). The van der Waals surface area contributed by atoms with Gasteiger partial charge in [0.05, 0.1) is 5.39 Å². The van der Waals surface area contributed by atoms with Gasteiger partial charge in [0.1, 0.15) is 10.6 Å². The molecule has 0 spiro atoms. The molecule has 1 aromatic carbocycles. The lowest BCUT2D eigenvalue weighted by Gasteiger charge is -2.18. The van der Waals surface area contributed by atoms with E-state index in [-0.39, 0.29) is 0 Å². The van der Waals surface area contributed by atoms with Crippen LogP contribution in [-0.2, 0) is 12.8 Å². The Bertz CT molecular complexity index is 932. The molecule has 3 aromatic rings. The van der Waals surface area contributed by atoms with Gasteiger partial charge in [0.25, 0.3) is 0 Å². The molecule has 124 valence electrons. The van der Waals surface area contributed by atoms with Crippen LogP contribution in [0.15, 0.2) is 18.2 Å². The number of nitrogens with one attached hydrogen (secondary N) is 1. The van der Waals surface area contributed by atoms with Crippen molar-refractivity contribution >= 4 is 44.7 Å². The minimum Gasteiger partial charge on any atom is -0.339 e. The van der Waals surface area contributed by atoms with Crippen LogP contribution in [0.5, 0.6) is 0 Å². The van der Waals surface area contributed by atoms with Gasteiger partial charge in [-0.2, -0.15) is 4.98 Å². The summed E-state index contributed by atoms with van der Waals surface area (Å²) in [4.78, 5) is 11.4. The van der Waals surface area contributed by atoms with E-state index in [2.05, 4.69) is 54.3 Å². The Kier molecular flexibility index (Phi) is 3.97. The fourth-order valence-electron chi connectivity index (χ4n) is 3.49. The molecule has 0 fully saturated rings. The number of aryl methyl sites for hydroxylation is 3. The average molecular weight is 358 g/mol. The number of aromatic nitrogens is 2. The highest BCUT2D eigenvalue weighted by Gasteiger charge is 2.24. The molecular formula is C19H20ClN3S. The second-order valence-corrected chi connectivity index (χ2v) is 8.24. The maximum Gasteiger partial charge on any atom is 0.225 e. The lowest BCUT2D eigenvalue weighted by atomic mass is 9.89. The second-order valence-electron chi connectivity index (χ2n) is 6.82. The molecule has 0 saturated carbocycles. The molecule has 0 amide bonds. The van der Waals surface area contributed by atoms with E-state index < -0.39 is 0 Å². The molecule has 2 aromatic heterocycles. The van der Waals surface area contributed by atoms with E-state index >= 15 is 0 Å². The van der Waals surface area contributed by atoms with Crippen LogP contribution < -0.4 is 5.32 Å². The Morgan fingerprint density at radius 3 is 2.88 bits per heavy atom. The van der Waals surface area contributed by atoms with E-state index in [1.165, 1.54) is 28.0 Å². The van der Waals surface area contributed by atoms with Gasteiger partial charge in [-0.3, -0.25) is 0 Å². The Balaban J connectivity index is 1.85. The molecule has 0 saturated heterocycles. The van der Waals surface area contributed by atoms with Crippen molar-refractivity contribution in [3.63, 3.8) is 0 Å². The first-order valence-electron chi connectivity index (χ1n) is 8.33. The summed E-state index contributed by atoms with van der Waals surface area (Å²) in [6.07, 6.45) is 3.46. The quantitative estimate of drug-likeness (QED) is 0.586. The Morgan fingerprint density at radius 2 is 2.08 bits per heavy atom. The summed E-state index contributed by atoms with van der Waals surface area (Å²) in [6.45, 7) is 6.54. The fraction of sp³-hybridized carbons (Fsp3) is 0.368. The van der Waals surface area contributed by atoms with Crippen molar-refractivity contribution in [2.45, 2.75) is 40.0 Å². The number of fused-ring (bicyclic) bond motifs is 3. The van der Waals surface area contributed by atoms with E-state index in [0.29, 0.717) is 5.28 Å². The average Bonchev–Trinajstić information content (AvgIpc) is 2.86. The molecule has 1 unspecified atom stereocenters. The van der Waals surface area contributed by atoms with Crippen molar-refractivity contribution in [2.24, 2.45) is 5.92 Å². The summed E-state index contributed by atoms with van der Waals surface area (Å²) in [5.41, 5.74) is 4.94. The van der Waals surface area contributed by atoms with Gasteiger partial charge in [-0.25, -0.2) is 4.98 Å². The van der Waals surface area contributed by atoms with Gasteiger partial charge in [0, 0.05) is 10.6 Å². The smallest absolute Gasteiger partial charge is 0.225 e. The zero-order valence-electron chi connectivity index (χ0n) is 14.1. The van der Waals surface area contributed by atoms with E-state index in [9.17, 15) is 0 Å². The molecule has 5 heteroatoms. The van der Waals surface area contributed by atoms with Crippen LogP contribution in [0.1, 0.15) is 34.9 Å². The fourth-order valence-corrected chi connectivity index (χ4v) is 5.09. The third-order valence-electron chi connectivity index (χ3n) is 4.76. The van der Waals surface area contributed by atoms with Gasteiger partial charge in [-0.05, 0) is 67.8 Å². The normalized spacial score (nSPS) is 17.1. The molecule has 3 nitrogen and oxygen atoms in total. The van der Waals surface area contributed by atoms with Crippen molar-refractivity contribution in [1.82, 2.24) is 9.97 Å². The molecule has 24 heavy (non-hydrogen) atoms. The largest absolute Gasteiger partial charge is 0.339 e. The number of anilines is 2. The summed E-state index contributed by atoms with van der Waals surface area (Å²) >= 11 is 7.97. The zero-order chi connectivity index (χ0) is 16.8. The van der Waals surface area contributed by atoms with E-state index in [1.54, 1.807) is 11.3 Å². The van der Waals surface area contributed by atoms with Crippen LogP contribution in [-0.4, -0.2) is 9.97 Å². The molecule has 1 aliphatic carbocycles. The lowest BCUT2D eigenvalue weighted by molar-refractivity contribution is 0.509. The maximum atomic E-state index is 6.19. The summed E-state index contributed by atoms with van der Waals surface area (Å²) in [6, 6.07) is 6.39. The Morgan fingerprint density at radius 1 is 1.25 bits per heavy atom. The summed E-state index contributed by atoms with van der Waals surface area (Å²) in [7, 11) is 0. The van der Waals surface area contributed by atoms with Gasteiger partial charge < -0.3 is 5.32 Å². The predicted molar refractivity (Wildman–Crippen MR) is 103 cm³/mol. The molecule has 0 aliphatic heterocycles. The first-order chi connectivity index (χ1) is 11.5. The maximum absolute atomic E-state index is 6.19. The first kappa shape index (κ1) is 15.9. The van der Waals surface area contributed by atoms with Crippen molar-refractivity contribution in [2.75, 3.05) is 5.32 Å². The number of halogens is 1. The number of hydrogen-bond acceptors (Lipinski definition) is 4. The minimum absolute atomic E-state index is 0.307. The van der Waals surface area contributed by atoms with Crippen LogP contribution in [0.3, 0.4) is 0 Å². The Hall–Kier alpha value is -1.65. The number of nitrogens with zero attached hydrogens (tertiary/aromatic N) is 2. The van der Waals surface area contributed by atoms with Gasteiger partial charge >= 0.3 is 0 Å². The summed E-state index contributed by atoms with van der Waals surface area (Å²) in [5.74, 6) is 1.58. The predicted octanol–water partition coefficient (Wildman–Crippen LogP) is 5.83. The Labute approximate surface area is 151 Å². The van der Waals surface area contributed by atoms with Crippen molar-refractivity contribution < 1.29 is 0 Å². The molecule has 0 bridgehead atoms. The van der Waals surface area contributed by atoms with Crippen LogP contribution >= 0.6 is 22.9 Å². The molecule has 0 radical (unpaired) electrons. The first-order valence-corrected chi connectivity index (χ1v) is 9.53. The number of thiophene rings is 1. The molecule has 1 N–H and O–H groups in total. The number of rotatable bonds is 2. The summed E-state index contributed by atoms with van der Waals surface area (Å²) < 4.78 is 0. The van der Waals surface area contributed by atoms with Crippen LogP contribution in [0.2, 0.25) is 5.28 Å². The molecule has 1 aliphatic rings. The van der Waals surface area contributed by atoms with Gasteiger partial charge in [0.2, 0.25) is 5.28 Å². The third kappa shape index (κ3) is 2.78. The second kappa shape index (κ2) is 6.01. The number of hydrogen-bond donors (Lipinski definition) is 1. The van der Waals surface area contributed by atoms with Crippen LogP contribution in [0, 0.1) is 19.8 Å². The van der Waals surface area contributed by atoms with E-state index in [0.717, 1.165) is 40.5 Å². The number of benzene rings is 1. The minimum atomic E-state index is 0.307.